The molecule has 15 heavy (non-hydrogen) atoms. The minimum absolute atomic E-state index is 0.714. The van der Waals surface area contributed by atoms with Crippen molar-refractivity contribution in [3.63, 3.8) is 0 Å². The van der Waals surface area contributed by atoms with Crippen LogP contribution < -0.4 is 5.32 Å². The first-order valence-corrected chi connectivity index (χ1v) is 6.61. The van der Waals surface area contributed by atoms with Crippen molar-refractivity contribution in [2.45, 2.75) is 31.2 Å². The molecule has 80 valence electrons. The van der Waals surface area contributed by atoms with Gasteiger partial charge in [-0.1, -0.05) is 34.1 Å². The Morgan fingerprint density at radius 3 is 2.73 bits per heavy atom. The van der Waals surface area contributed by atoms with Crippen LogP contribution in [-0.2, 0) is 0 Å². The lowest BCUT2D eigenvalue weighted by molar-refractivity contribution is 0.535. The average Bonchev–Trinajstić information content (AvgIpc) is 2.99. The number of nitrogens with one attached hydrogen (secondary N) is 1. The molecule has 1 aromatic rings. The topological polar surface area (TPSA) is 12.0 Å². The van der Waals surface area contributed by atoms with Gasteiger partial charge in [-0.05, 0) is 42.7 Å². The molecule has 2 unspecified atom stereocenters. The molecule has 1 saturated heterocycles. The maximum atomic E-state index is 3.67. The molecule has 0 radical (unpaired) electrons. The smallest absolute Gasteiger partial charge is 0.0210 e. The predicted molar refractivity (Wildman–Crippen MR) is 66.0 cm³/mol. The fourth-order valence-electron chi connectivity index (χ4n) is 2.67. The molecule has 1 aliphatic heterocycles. The Hall–Kier alpha value is -0.340. The zero-order valence-electron chi connectivity index (χ0n) is 8.75. The lowest BCUT2D eigenvalue weighted by Crippen LogP contribution is -2.22. The van der Waals surface area contributed by atoms with Gasteiger partial charge in [-0.2, -0.15) is 0 Å². The van der Waals surface area contributed by atoms with Crippen LogP contribution in [0.5, 0.6) is 0 Å². The SMILES string of the molecule is Brc1ccccc1C1CNC(C2CC2)C1. The van der Waals surface area contributed by atoms with E-state index in [1.807, 2.05) is 0 Å². The summed E-state index contributed by atoms with van der Waals surface area (Å²) in [6, 6.07) is 9.44. The predicted octanol–water partition coefficient (Wildman–Crippen LogP) is 3.30. The van der Waals surface area contributed by atoms with E-state index < -0.39 is 0 Å². The summed E-state index contributed by atoms with van der Waals surface area (Å²) in [6.45, 7) is 1.16. The van der Waals surface area contributed by atoms with Gasteiger partial charge in [-0.3, -0.25) is 0 Å². The summed E-state index contributed by atoms with van der Waals surface area (Å²) in [5, 5.41) is 3.67. The van der Waals surface area contributed by atoms with Crippen molar-refractivity contribution >= 4 is 15.9 Å². The standard InChI is InChI=1S/C13H16BrN/c14-12-4-2-1-3-11(12)10-7-13(15-8-10)9-5-6-9/h1-4,9-10,13,15H,5-8H2. The summed E-state index contributed by atoms with van der Waals surface area (Å²) >= 11 is 3.65. The molecule has 0 spiro atoms. The summed E-state index contributed by atoms with van der Waals surface area (Å²) in [7, 11) is 0. The van der Waals surface area contributed by atoms with Gasteiger partial charge in [-0.15, -0.1) is 0 Å². The van der Waals surface area contributed by atoms with Crippen molar-refractivity contribution in [1.29, 1.82) is 0 Å². The molecule has 1 aromatic carbocycles. The number of halogens is 1. The molecule has 2 aliphatic rings. The summed E-state index contributed by atoms with van der Waals surface area (Å²) in [4.78, 5) is 0. The zero-order valence-corrected chi connectivity index (χ0v) is 10.3. The molecule has 0 aromatic heterocycles. The molecular weight excluding hydrogens is 250 g/mol. The maximum Gasteiger partial charge on any atom is 0.0210 e. The van der Waals surface area contributed by atoms with Crippen molar-refractivity contribution in [3.8, 4) is 0 Å². The van der Waals surface area contributed by atoms with E-state index in [4.69, 9.17) is 0 Å². The minimum Gasteiger partial charge on any atom is -0.313 e. The van der Waals surface area contributed by atoms with E-state index in [9.17, 15) is 0 Å². The Morgan fingerprint density at radius 2 is 2.00 bits per heavy atom. The van der Waals surface area contributed by atoms with Gasteiger partial charge in [0.2, 0.25) is 0 Å². The molecule has 1 nitrogen and oxygen atoms in total. The highest BCUT2D eigenvalue weighted by Gasteiger charge is 2.37. The summed E-state index contributed by atoms with van der Waals surface area (Å²) < 4.78 is 1.27. The summed E-state index contributed by atoms with van der Waals surface area (Å²) in [6.07, 6.45) is 4.22. The van der Waals surface area contributed by atoms with E-state index in [0.717, 1.165) is 18.5 Å². The van der Waals surface area contributed by atoms with Crippen molar-refractivity contribution in [2.24, 2.45) is 5.92 Å². The van der Waals surface area contributed by atoms with E-state index in [1.165, 1.54) is 29.3 Å². The van der Waals surface area contributed by atoms with E-state index in [-0.39, 0.29) is 0 Å². The molecule has 2 heteroatoms. The first-order chi connectivity index (χ1) is 7.34. The molecule has 1 N–H and O–H groups in total. The van der Waals surface area contributed by atoms with Gasteiger partial charge >= 0.3 is 0 Å². The van der Waals surface area contributed by atoms with Crippen LogP contribution in [0.1, 0.15) is 30.7 Å². The highest BCUT2D eigenvalue weighted by Crippen LogP contribution is 2.40. The maximum absolute atomic E-state index is 3.67. The van der Waals surface area contributed by atoms with Crippen LogP contribution in [0.4, 0.5) is 0 Å². The van der Waals surface area contributed by atoms with Crippen molar-refractivity contribution < 1.29 is 0 Å². The minimum atomic E-state index is 0.714. The van der Waals surface area contributed by atoms with E-state index in [1.54, 1.807) is 0 Å². The lowest BCUT2D eigenvalue weighted by Gasteiger charge is -2.11. The quantitative estimate of drug-likeness (QED) is 0.866. The van der Waals surface area contributed by atoms with Crippen LogP contribution in [0.25, 0.3) is 0 Å². The second-order valence-electron chi connectivity index (χ2n) is 4.81. The van der Waals surface area contributed by atoms with Crippen LogP contribution in [0.2, 0.25) is 0 Å². The van der Waals surface area contributed by atoms with Crippen LogP contribution in [-0.4, -0.2) is 12.6 Å². The number of benzene rings is 1. The van der Waals surface area contributed by atoms with Gasteiger partial charge in [0, 0.05) is 17.1 Å². The monoisotopic (exact) mass is 265 g/mol. The van der Waals surface area contributed by atoms with E-state index in [0.29, 0.717) is 5.92 Å². The van der Waals surface area contributed by atoms with Crippen molar-refractivity contribution in [2.75, 3.05) is 6.54 Å². The fourth-order valence-corrected chi connectivity index (χ4v) is 3.28. The normalized spacial score (nSPS) is 30.7. The van der Waals surface area contributed by atoms with Gasteiger partial charge in [0.1, 0.15) is 0 Å². The zero-order chi connectivity index (χ0) is 10.3. The Morgan fingerprint density at radius 1 is 1.20 bits per heavy atom. The Bertz CT molecular complexity index is 359. The molecule has 1 saturated carbocycles. The highest BCUT2D eigenvalue weighted by molar-refractivity contribution is 9.10. The van der Waals surface area contributed by atoms with Gasteiger partial charge < -0.3 is 5.32 Å². The molecule has 2 atom stereocenters. The second-order valence-corrected chi connectivity index (χ2v) is 5.66. The fraction of sp³-hybridized carbons (Fsp3) is 0.538. The van der Waals surface area contributed by atoms with Gasteiger partial charge in [0.25, 0.3) is 0 Å². The third-order valence-electron chi connectivity index (χ3n) is 3.70. The Labute approximate surface area is 99.4 Å². The van der Waals surface area contributed by atoms with Crippen molar-refractivity contribution in [3.05, 3.63) is 34.3 Å². The van der Waals surface area contributed by atoms with Crippen LogP contribution in [0.3, 0.4) is 0 Å². The van der Waals surface area contributed by atoms with Crippen LogP contribution in [0.15, 0.2) is 28.7 Å². The van der Waals surface area contributed by atoms with Crippen LogP contribution >= 0.6 is 15.9 Å². The second kappa shape index (κ2) is 3.91. The molecule has 0 bridgehead atoms. The first-order valence-electron chi connectivity index (χ1n) is 5.82. The van der Waals surface area contributed by atoms with Gasteiger partial charge in [-0.25, -0.2) is 0 Å². The lowest BCUT2D eigenvalue weighted by atomic mass is 9.95. The first kappa shape index (κ1) is 9.86. The average molecular weight is 266 g/mol. The Kier molecular flexibility index (Phi) is 2.57. The Balaban J connectivity index is 1.75. The summed E-state index contributed by atoms with van der Waals surface area (Å²) in [5.74, 6) is 1.70. The number of rotatable bonds is 2. The molecule has 1 heterocycles. The van der Waals surface area contributed by atoms with Crippen LogP contribution in [0, 0.1) is 5.92 Å². The third kappa shape index (κ3) is 1.98. The molecule has 2 fully saturated rings. The molecule has 3 rings (SSSR count). The third-order valence-corrected chi connectivity index (χ3v) is 4.42. The van der Waals surface area contributed by atoms with Gasteiger partial charge in [0.05, 0.1) is 0 Å². The largest absolute Gasteiger partial charge is 0.313 e. The number of hydrogen-bond acceptors (Lipinski definition) is 1. The molecule has 1 aliphatic carbocycles. The highest BCUT2D eigenvalue weighted by atomic mass is 79.9. The summed E-state index contributed by atoms with van der Waals surface area (Å²) in [5.41, 5.74) is 1.48. The molecule has 0 amide bonds. The van der Waals surface area contributed by atoms with E-state index >= 15 is 0 Å². The van der Waals surface area contributed by atoms with Crippen molar-refractivity contribution in [1.82, 2.24) is 5.32 Å². The number of hydrogen-bond donors (Lipinski definition) is 1. The van der Waals surface area contributed by atoms with Gasteiger partial charge in [0.15, 0.2) is 0 Å². The molecular formula is C13H16BrN. The van der Waals surface area contributed by atoms with E-state index in [2.05, 4.69) is 45.5 Å².